The van der Waals surface area contributed by atoms with Crippen molar-refractivity contribution in [3.63, 3.8) is 0 Å². The van der Waals surface area contributed by atoms with Gasteiger partial charge in [-0.05, 0) is 90.9 Å². The van der Waals surface area contributed by atoms with E-state index in [1.54, 1.807) is 0 Å². The van der Waals surface area contributed by atoms with Crippen molar-refractivity contribution in [3.05, 3.63) is 176 Å². The number of hydrogen-bond acceptors (Lipinski definition) is 3. The van der Waals surface area contributed by atoms with Crippen molar-refractivity contribution in [2.45, 2.75) is 0 Å². The number of fused-ring (bicyclic) bond motifs is 11. The fourth-order valence-corrected chi connectivity index (χ4v) is 9.54. The zero-order valence-corrected chi connectivity index (χ0v) is 30.0. The summed E-state index contributed by atoms with van der Waals surface area (Å²) in [6, 6.07) is 63.0. The van der Waals surface area contributed by atoms with Crippen molar-refractivity contribution in [1.29, 1.82) is 0 Å². The molecule has 0 bridgehead atoms. The highest BCUT2D eigenvalue weighted by atomic mass is 16.3. The number of para-hydroxylation sites is 1. The highest BCUT2D eigenvalue weighted by Crippen LogP contribution is 2.47. The highest BCUT2D eigenvalue weighted by molar-refractivity contribution is 6.39. The molecule has 4 heteroatoms. The lowest BCUT2D eigenvalue weighted by molar-refractivity contribution is 0.667. The molecular formula is C52H29N3O. The Balaban J connectivity index is 1.11. The van der Waals surface area contributed by atoms with Gasteiger partial charge in [-0.3, -0.25) is 0 Å². The summed E-state index contributed by atoms with van der Waals surface area (Å²) >= 11 is 0. The lowest BCUT2D eigenvalue weighted by atomic mass is 9.91. The van der Waals surface area contributed by atoms with Crippen LogP contribution in [0.3, 0.4) is 0 Å². The van der Waals surface area contributed by atoms with Crippen molar-refractivity contribution >= 4 is 97.7 Å². The molecule has 258 valence electrons. The Bertz CT molecular complexity index is 3770. The van der Waals surface area contributed by atoms with E-state index in [1.807, 2.05) is 18.2 Å². The molecule has 0 amide bonds. The van der Waals surface area contributed by atoms with Gasteiger partial charge in [0.05, 0.1) is 11.0 Å². The first-order chi connectivity index (χ1) is 27.8. The second-order valence-electron chi connectivity index (χ2n) is 14.9. The molecule has 4 nitrogen and oxygen atoms in total. The highest BCUT2D eigenvalue weighted by Gasteiger charge is 2.23. The SMILES string of the molecule is c1cc(-c2nc(-c3cc4ccccc4c4ccccc34)c3oc4ccccc4c3n2)cc(-n2c3cccc4c5ccccc5c5c6ccccc6cc2c5c43)c1. The van der Waals surface area contributed by atoms with Crippen LogP contribution < -0.4 is 0 Å². The van der Waals surface area contributed by atoms with Gasteiger partial charge in [-0.2, -0.15) is 0 Å². The van der Waals surface area contributed by atoms with Gasteiger partial charge in [-0.15, -0.1) is 0 Å². The van der Waals surface area contributed by atoms with E-state index in [1.165, 1.54) is 64.9 Å². The molecule has 3 heterocycles. The molecule has 56 heavy (non-hydrogen) atoms. The van der Waals surface area contributed by atoms with Gasteiger partial charge in [0.15, 0.2) is 11.4 Å². The van der Waals surface area contributed by atoms with Gasteiger partial charge >= 0.3 is 0 Å². The van der Waals surface area contributed by atoms with Gasteiger partial charge in [0.2, 0.25) is 0 Å². The minimum absolute atomic E-state index is 0.655. The van der Waals surface area contributed by atoms with Crippen LogP contribution in [0.2, 0.25) is 0 Å². The molecule has 10 aromatic carbocycles. The second-order valence-corrected chi connectivity index (χ2v) is 14.9. The first kappa shape index (κ1) is 29.8. The van der Waals surface area contributed by atoms with Crippen LogP contribution in [0.15, 0.2) is 180 Å². The molecule has 0 aliphatic rings. The Hall–Kier alpha value is -7.56. The minimum Gasteiger partial charge on any atom is -0.452 e. The summed E-state index contributed by atoms with van der Waals surface area (Å²) in [6.07, 6.45) is 0. The molecular weight excluding hydrogens is 683 g/mol. The van der Waals surface area contributed by atoms with Crippen molar-refractivity contribution in [2.24, 2.45) is 0 Å². The standard InChI is InChI=1S/C52H29N3O/c1-3-17-34-30(13-1)28-42(37-20-6-5-19-36(34)37)50-51-49(41-23-9-10-26-45(41)56-51)53-52(54-50)32-15-11-16-33(27-32)55-43-25-12-24-40-38-21-7-8-22-39(38)46-35-18-4-2-14-31(35)29-44(55)48(46)47(40)43/h1-29H. The molecule has 0 aliphatic heterocycles. The Labute approximate surface area is 319 Å². The van der Waals surface area contributed by atoms with E-state index >= 15 is 0 Å². The summed E-state index contributed by atoms with van der Waals surface area (Å²) in [5.41, 5.74) is 8.48. The minimum atomic E-state index is 0.655. The molecule has 0 fully saturated rings. The van der Waals surface area contributed by atoms with E-state index in [0.29, 0.717) is 11.4 Å². The topological polar surface area (TPSA) is 43.9 Å². The van der Waals surface area contributed by atoms with Crippen LogP contribution in [-0.4, -0.2) is 14.5 Å². The first-order valence-electron chi connectivity index (χ1n) is 19.1. The van der Waals surface area contributed by atoms with E-state index in [2.05, 4.69) is 162 Å². The summed E-state index contributed by atoms with van der Waals surface area (Å²) < 4.78 is 9.06. The van der Waals surface area contributed by atoms with Crippen LogP contribution in [0.4, 0.5) is 0 Å². The van der Waals surface area contributed by atoms with Crippen LogP contribution in [0, 0.1) is 0 Å². The van der Waals surface area contributed by atoms with Crippen LogP contribution in [0.25, 0.3) is 126 Å². The molecule has 3 aromatic heterocycles. The van der Waals surface area contributed by atoms with Crippen LogP contribution in [0.5, 0.6) is 0 Å². The molecule has 0 spiro atoms. The van der Waals surface area contributed by atoms with Crippen molar-refractivity contribution in [3.8, 4) is 28.3 Å². The number of hydrogen-bond donors (Lipinski definition) is 0. The predicted octanol–water partition coefficient (Wildman–Crippen LogP) is 14.0. The molecule has 13 aromatic rings. The maximum absolute atomic E-state index is 6.63. The Morgan fingerprint density at radius 1 is 0.411 bits per heavy atom. The van der Waals surface area contributed by atoms with Gasteiger partial charge < -0.3 is 8.98 Å². The summed E-state index contributed by atoms with van der Waals surface area (Å²) in [6.45, 7) is 0. The predicted molar refractivity (Wildman–Crippen MR) is 233 cm³/mol. The Morgan fingerprint density at radius 3 is 1.88 bits per heavy atom. The number of rotatable bonds is 3. The molecule has 0 N–H and O–H groups in total. The zero-order chi connectivity index (χ0) is 36.5. The first-order valence-corrected chi connectivity index (χ1v) is 19.1. The third kappa shape index (κ3) is 3.97. The molecule has 0 aliphatic carbocycles. The second kappa shape index (κ2) is 11.0. The van der Waals surface area contributed by atoms with Crippen molar-refractivity contribution in [2.75, 3.05) is 0 Å². The van der Waals surface area contributed by atoms with Crippen LogP contribution in [0.1, 0.15) is 0 Å². The Morgan fingerprint density at radius 2 is 1.04 bits per heavy atom. The molecule has 0 atom stereocenters. The molecule has 0 saturated carbocycles. The monoisotopic (exact) mass is 711 g/mol. The van der Waals surface area contributed by atoms with Crippen molar-refractivity contribution in [1.82, 2.24) is 14.5 Å². The van der Waals surface area contributed by atoms with Crippen molar-refractivity contribution < 1.29 is 4.42 Å². The number of benzene rings is 10. The van der Waals surface area contributed by atoms with E-state index in [0.717, 1.165) is 49.8 Å². The Kier molecular flexibility index (Phi) is 5.86. The smallest absolute Gasteiger partial charge is 0.180 e. The van der Waals surface area contributed by atoms with Gasteiger partial charge in [0, 0.05) is 38.4 Å². The third-order valence-corrected chi connectivity index (χ3v) is 11.9. The molecule has 0 saturated heterocycles. The summed E-state index contributed by atoms with van der Waals surface area (Å²) in [4.78, 5) is 10.7. The largest absolute Gasteiger partial charge is 0.452 e. The molecule has 0 unspecified atom stereocenters. The van der Waals surface area contributed by atoms with Gasteiger partial charge in [0.25, 0.3) is 0 Å². The van der Waals surface area contributed by atoms with Gasteiger partial charge in [0.1, 0.15) is 16.8 Å². The zero-order valence-electron chi connectivity index (χ0n) is 30.0. The van der Waals surface area contributed by atoms with Crippen LogP contribution >= 0.6 is 0 Å². The third-order valence-electron chi connectivity index (χ3n) is 11.9. The lowest BCUT2D eigenvalue weighted by Crippen LogP contribution is -1.97. The normalized spacial score (nSPS) is 12.3. The average Bonchev–Trinajstić information content (AvgIpc) is 3.81. The number of nitrogens with zero attached hydrogens (tertiary/aromatic N) is 3. The van der Waals surface area contributed by atoms with Crippen LogP contribution in [-0.2, 0) is 0 Å². The van der Waals surface area contributed by atoms with E-state index in [-0.39, 0.29) is 0 Å². The van der Waals surface area contributed by atoms with Gasteiger partial charge in [-0.25, -0.2) is 9.97 Å². The summed E-state index contributed by atoms with van der Waals surface area (Å²) in [5, 5.41) is 15.9. The van der Waals surface area contributed by atoms with Gasteiger partial charge in [-0.1, -0.05) is 133 Å². The average molecular weight is 712 g/mol. The quantitative estimate of drug-likeness (QED) is 0.171. The van der Waals surface area contributed by atoms with E-state index in [9.17, 15) is 0 Å². The lowest BCUT2D eigenvalue weighted by Gasteiger charge is -2.13. The summed E-state index contributed by atoms with van der Waals surface area (Å²) in [5.74, 6) is 0.655. The van der Waals surface area contributed by atoms with E-state index in [4.69, 9.17) is 14.4 Å². The molecule has 13 rings (SSSR count). The fourth-order valence-electron chi connectivity index (χ4n) is 9.54. The summed E-state index contributed by atoms with van der Waals surface area (Å²) in [7, 11) is 0. The van der Waals surface area contributed by atoms with E-state index < -0.39 is 0 Å². The molecule has 0 radical (unpaired) electrons. The maximum Gasteiger partial charge on any atom is 0.180 e. The number of furan rings is 1. The number of aromatic nitrogens is 3. The maximum atomic E-state index is 6.63. The fraction of sp³-hybridized carbons (Fsp3) is 0.